The molecule has 1 aromatic carbocycles. The molecule has 3 rings (SSSR count). The molecule has 2 N–H and O–H groups in total. The fourth-order valence-electron chi connectivity index (χ4n) is 2.44. The zero-order valence-corrected chi connectivity index (χ0v) is 16.3. The number of ether oxygens (including phenoxy) is 1. The van der Waals surface area contributed by atoms with E-state index in [-0.39, 0.29) is 17.2 Å². The molecule has 2 aromatic heterocycles. The van der Waals surface area contributed by atoms with Crippen molar-refractivity contribution in [1.82, 2.24) is 9.97 Å². The summed E-state index contributed by atoms with van der Waals surface area (Å²) in [6.07, 6.45) is 0. The molecule has 1 amide bonds. The highest BCUT2D eigenvalue weighted by Gasteiger charge is 2.13. The van der Waals surface area contributed by atoms with Crippen molar-refractivity contribution in [2.45, 2.75) is 25.9 Å². The van der Waals surface area contributed by atoms with Crippen LogP contribution in [0.5, 0.6) is 5.75 Å². The van der Waals surface area contributed by atoms with Crippen LogP contribution in [0.1, 0.15) is 17.4 Å². The van der Waals surface area contributed by atoms with Crippen LogP contribution < -0.4 is 15.6 Å². The Labute approximate surface area is 159 Å². The number of nitrogens with one attached hydrogen (secondary N) is 2. The summed E-state index contributed by atoms with van der Waals surface area (Å²) in [6, 6.07) is 7.19. The van der Waals surface area contributed by atoms with Gasteiger partial charge in [-0.2, -0.15) is 0 Å². The first kappa shape index (κ1) is 18.5. The van der Waals surface area contributed by atoms with Gasteiger partial charge < -0.3 is 15.0 Å². The van der Waals surface area contributed by atoms with Gasteiger partial charge in [-0.25, -0.2) is 4.98 Å². The molecule has 0 radical (unpaired) electrons. The largest absolute Gasteiger partial charge is 0.494 e. The first-order valence-electron chi connectivity index (χ1n) is 8.13. The first-order valence-corrected chi connectivity index (χ1v) is 9.93. The number of carbonyl (C=O) groups excluding carboxylic acids is 1. The maximum absolute atomic E-state index is 12.2. The van der Waals surface area contributed by atoms with E-state index in [0.29, 0.717) is 27.7 Å². The average Bonchev–Trinajstić information content (AvgIpc) is 2.90. The fraction of sp³-hybridized carbons (Fsp3) is 0.278. The number of anilines is 1. The lowest BCUT2D eigenvalue weighted by atomic mass is 10.2. The van der Waals surface area contributed by atoms with Gasteiger partial charge in [-0.05, 0) is 50.6 Å². The first-order chi connectivity index (χ1) is 12.5. The Morgan fingerprint density at radius 1 is 1.31 bits per heavy atom. The second-order valence-electron chi connectivity index (χ2n) is 5.63. The number of nitrogens with zero attached hydrogens (tertiary/aromatic N) is 1. The number of aromatic nitrogens is 2. The molecule has 0 bridgehead atoms. The number of benzene rings is 1. The Morgan fingerprint density at radius 3 is 2.73 bits per heavy atom. The summed E-state index contributed by atoms with van der Waals surface area (Å²) in [5.41, 5.74) is 1.50. The van der Waals surface area contributed by atoms with Gasteiger partial charge in [0.2, 0.25) is 5.91 Å². The minimum atomic E-state index is -0.166. The number of thioether (sulfide) groups is 1. The fourth-order valence-corrected chi connectivity index (χ4v) is 4.18. The number of fused-ring (bicyclic) bond motifs is 1. The molecule has 0 atom stereocenters. The van der Waals surface area contributed by atoms with Crippen molar-refractivity contribution in [2.75, 3.05) is 17.7 Å². The molecule has 8 heteroatoms. The van der Waals surface area contributed by atoms with Crippen molar-refractivity contribution < 1.29 is 9.53 Å². The van der Waals surface area contributed by atoms with E-state index in [2.05, 4.69) is 15.3 Å². The van der Waals surface area contributed by atoms with E-state index in [4.69, 9.17) is 4.74 Å². The predicted molar refractivity (Wildman–Crippen MR) is 107 cm³/mol. The number of aromatic amines is 1. The molecule has 3 aromatic rings. The zero-order valence-electron chi connectivity index (χ0n) is 14.7. The number of thiophene rings is 1. The van der Waals surface area contributed by atoms with Crippen molar-refractivity contribution in [3.63, 3.8) is 0 Å². The van der Waals surface area contributed by atoms with Crippen molar-refractivity contribution in [1.29, 1.82) is 0 Å². The summed E-state index contributed by atoms with van der Waals surface area (Å²) in [7, 11) is 0. The normalized spacial score (nSPS) is 10.9. The minimum Gasteiger partial charge on any atom is -0.494 e. The van der Waals surface area contributed by atoms with Crippen molar-refractivity contribution in [2.24, 2.45) is 0 Å². The van der Waals surface area contributed by atoms with E-state index in [1.54, 1.807) is 24.3 Å². The molecule has 0 saturated heterocycles. The maximum Gasteiger partial charge on any atom is 0.260 e. The molecule has 26 heavy (non-hydrogen) atoms. The van der Waals surface area contributed by atoms with Crippen molar-refractivity contribution in [3.8, 4) is 5.75 Å². The van der Waals surface area contributed by atoms with Gasteiger partial charge in [-0.1, -0.05) is 11.8 Å². The Balaban J connectivity index is 1.64. The van der Waals surface area contributed by atoms with Gasteiger partial charge in [-0.3, -0.25) is 9.59 Å². The summed E-state index contributed by atoms with van der Waals surface area (Å²) in [4.78, 5) is 33.4. The number of aryl methyl sites for hydroxylation is 2. The number of H-pyrrole nitrogens is 1. The highest BCUT2D eigenvalue weighted by atomic mass is 32.2. The third-order valence-corrected chi connectivity index (χ3v) is 5.78. The van der Waals surface area contributed by atoms with Crippen LogP contribution in [0.4, 0.5) is 5.69 Å². The van der Waals surface area contributed by atoms with E-state index < -0.39 is 0 Å². The molecule has 2 heterocycles. The lowest BCUT2D eigenvalue weighted by molar-refractivity contribution is -0.113. The van der Waals surface area contributed by atoms with Crippen molar-refractivity contribution in [3.05, 3.63) is 45.1 Å². The summed E-state index contributed by atoms with van der Waals surface area (Å²) in [6.45, 7) is 6.41. The van der Waals surface area contributed by atoms with E-state index in [9.17, 15) is 9.59 Å². The molecule has 0 unspecified atom stereocenters. The summed E-state index contributed by atoms with van der Waals surface area (Å²) in [5, 5.41) is 3.90. The highest BCUT2D eigenvalue weighted by molar-refractivity contribution is 7.99. The average molecular weight is 390 g/mol. The Hall–Kier alpha value is -2.32. The van der Waals surface area contributed by atoms with Crippen LogP contribution in [0.2, 0.25) is 0 Å². The molecule has 0 saturated carbocycles. The lowest BCUT2D eigenvalue weighted by Crippen LogP contribution is -2.15. The van der Waals surface area contributed by atoms with Gasteiger partial charge in [0.15, 0.2) is 5.16 Å². The highest BCUT2D eigenvalue weighted by Crippen LogP contribution is 2.27. The molecule has 136 valence electrons. The van der Waals surface area contributed by atoms with Crippen LogP contribution in [-0.2, 0) is 4.79 Å². The van der Waals surface area contributed by atoms with E-state index >= 15 is 0 Å². The Morgan fingerprint density at radius 2 is 2.04 bits per heavy atom. The van der Waals surface area contributed by atoms with Crippen LogP contribution in [0.15, 0.2) is 34.2 Å². The van der Waals surface area contributed by atoms with Crippen LogP contribution in [-0.4, -0.2) is 28.2 Å². The topological polar surface area (TPSA) is 84.1 Å². The van der Waals surface area contributed by atoms with Crippen LogP contribution in [0.3, 0.4) is 0 Å². The molecule has 0 aliphatic rings. The minimum absolute atomic E-state index is 0.158. The summed E-state index contributed by atoms with van der Waals surface area (Å²) in [5.74, 6) is 0.752. The molecule has 0 aliphatic heterocycles. The van der Waals surface area contributed by atoms with Crippen molar-refractivity contribution >= 4 is 44.9 Å². The number of rotatable bonds is 6. The monoisotopic (exact) mass is 389 g/mol. The summed E-state index contributed by atoms with van der Waals surface area (Å²) >= 11 is 2.70. The molecular formula is C18H19N3O3S2. The number of amides is 1. The van der Waals surface area contributed by atoms with Gasteiger partial charge in [0.05, 0.1) is 17.7 Å². The molecule has 0 spiro atoms. The van der Waals surface area contributed by atoms with Crippen LogP contribution >= 0.6 is 23.1 Å². The number of carbonyl (C=O) groups is 1. The lowest BCUT2D eigenvalue weighted by Gasteiger charge is -2.07. The smallest absolute Gasteiger partial charge is 0.260 e. The van der Waals surface area contributed by atoms with Crippen LogP contribution in [0.25, 0.3) is 10.2 Å². The van der Waals surface area contributed by atoms with E-state index in [1.165, 1.54) is 23.1 Å². The molecule has 6 nitrogen and oxygen atoms in total. The van der Waals surface area contributed by atoms with E-state index in [1.807, 2.05) is 20.8 Å². The Kier molecular flexibility index (Phi) is 5.63. The van der Waals surface area contributed by atoms with Gasteiger partial charge in [0.25, 0.3) is 5.56 Å². The molecule has 0 aliphatic carbocycles. The maximum atomic E-state index is 12.2. The second kappa shape index (κ2) is 7.92. The number of hydrogen-bond acceptors (Lipinski definition) is 6. The van der Waals surface area contributed by atoms with Gasteiger partial charge >= 0.3 is 0 Å². The van der Waals surface area contributed by atoms with Crippen LogP contribution in [0, 0.1) is 13.8 Å². The Bertz CT molecular complexity index is 993. The van der Waals surface area contributed by atoms with Gasteiger partial charge in [0, 0.05) is 10.6 Å². The quantitative estimate of drug-likeness (QED) is 0.496. The summed E-state index contributed by atoms with van der Waals surface area (Å²) < 4.78 is 5.37. The third-order valence-electron chi connectivity index (χ3n) is 3.81. The second-order valence-corrected chi connectivity index (χ2v) is 7.80. The molecule has 0 fully saturated rings. The molecular weight excluding hydrogens is 370 g/mol. The number of hydrogen-bond donors (Lipinski definition) is 2. The predicted octanol–water partition coefficient (Wildman–Crippen LogP) is 3.73. The SMILES string of the molecule is CCOc1ccc(NC(=O)CSc2nc3sc(C)c(C)c3c(=O)[nH]2)cc1. The van der Waals surface area contributed by atoms with E-state index in [0.717, 1.165) is 16.2 Å². The standard InChI is InChI=1S/C18H19N3O3S2/c1-4-24-13-7-5-12(6-8-13)19-14(22)9-25-18-20-16(23)15-10(2)11(3)26-17(15)21-18/h5-8H,4,9H2,1-3H3,(H,19,22)(H,20,21,23). The zero-order chi connectivity index (χ0) is 18.7. The van der Waals surface area contributed by atoms with Gasteiger partial charge in [0.1, 0.15) is 10.6 Å². The third kappa shape index (κ3) is 4.08. The van der Waals surface area contributed by atoms with Gasteiger partial charge in [-0.15, -0.1) is 11.3 Å².